The Labute approximate surface area is 63.7 Å². The monoisotopic (exact) mass is 230 g/mol. The van der Waals surface area contributed by atoms with Gasteiger partial charge in [-0.3, -0.25) is 0 Å². The second-order valence-corrected chi connectivity index (χ2v) is 2.44. The summed E-state index contributed by atoms with van der Waals surface area (Å²) in [5.41, 5.74) is 0. The van der Waals surface area contributed by atoms with Crippen LogP contribution in [0, 0.1) is 0 Å². The van der Waals surface area contributed by atoms with Gasteiger partial charge in [0, 0.05) is 11.5 Å². The van der Waals surface area contributed by atoms with Gasteiger partial charge in [0.15, 0.2) is 6.29 Å². The van der Waals surface area contributed by atoms with Gasteiger partial charge in [-0.1, -0.05) is 22.6 Å². The zero-order chi connectivity index (χ0) is 6.41. The van der Waals surface area contributed by atoms with Crippen molar-refractivity contribution in [3.05, 3.63) is 0 Å². The van der Waals surface area contributed by atoms with Crippen molar-refractivity contribution in [1.29, 1.82) is 0 Å². The predicted molar refractivity (Wildman–Crippen MR) is 41.3 cm³/mol. The van der Waals surface area contributed by atoms with E-state index in [-0.39, 0.29) is 6.29 Å². The Kier molecular flexibility index (Phi) is 6.25. The maximum atomic E-state index is 5.11. The molecule has 0 fully saturated rings. The van der Waals surface area contributed by atoms with Gasteiger partial charge in [-0.2, -0.15) is 0 Å². The minimum atomic E-state index is -0.0511. The van der Waals surface area contributed by atoms with Crippen LogP contribution < -0.4 is 0 Å². The van der Waals surface area contributed by atoms with Crippen LogP contribution in [0.2, 0.25) is 0 Å². The third-order valence-corrected chi connectivity index (χ3v) is 1.20. The van der Waals surface area contributed by atoms with E-state index in [0.717, 1.165) is 11.0 Å². The highest BCUT2D eigenvalue weighted by Gasteiger charge is 1.94. The van der Waals surface area contributed by atoms with Crippen LogP contribution in [-0.4, -0.2) is 24.4 Å². The molecule has 0 aromatic rings. The Bertz CT molecular complexity index is 49.7. The fourth-order valence-electron chi connectivity index (χ4n) is 0.279. The van der Waals surface area contributed by atoms with Crippen molar-refractivity contribution in [2.24, 2.45) is 0 Å². The molecular weight excluding hydrogens is 219 g/mol. The van der Waals surface area contributed by atoms with Crippen LogP contribution >= 0.6 is 22.6 Å². The molecule has 0 amide bonds. The van der Waals surface area contributed by atoms with Crippen LogP contribution in [-0.2, 0) is 9.47 Å². The van der Waals surface area contributed by atoms with Crippen LogP contribution in [0.4, 0.5) is 0 Å². The van der Waals surface area contributed by atoms with Crippen molar-refractivity contribution >= 4 is 22.6 Å². The van der Waals surface area contributed by atoms with Gasteiger partial charge >= 0.3 is 0 Å². The maximum Gasteiger partial charge on any atom is 0.154 e. The molecule has 0 N–H and O–H groups in total. The first kappa shape index (κ1) is 8.65. The van der Waals surface area contributed by atoms with Gasteiger partial charge < -0.3 is 9.47 Å². The second-order valence-electron chi connectivity index (χ2n) is 1.36. The summed E-state index contributed by atoms with van der Waals surface area (Å²) in [7, 11) is 1.64. The molecule has 0 aromatic heterocycles. The van der Waals surface area contributed by atoms with Crippen LogP contribution in [0.3, 0.4) is 0 Å². The lowest BCUT2D eigenvalue weighted by atomic mass is 10.7. The summed E-state index contributed by atoms with van der Waals surface area (Å²) >= 11 is 2.26. The maximum absolute atomic E-state index is 5.11. The number of hydrogen-bond donors (Lipinski definition) is 0. The highest BCUT2D eigenvalue weighted by molar-refractivity contribution is 14.1. The van der Waals surface area contributed by atoms with E-state index in [2.05, 4.69) is 22.6 Å². The smallest absolute Gasteiger partial charge is 0.154 e. The molecule has 0 aliphatic carbocycles. The van der Waals surface area contributed by atoms with Crippen molar-refractivity contribution in [1.82, 2.24) is 0 Å². The molecular formula is C5H11IO2. The summed E-state index contributed by atoms with van der Waals surface area (Å²) in [6.07, 6.45) is -0.0511. The molecule has 0 radical (unpaired) electrons. The van der Waals surface area contributed by atoms with Gasteiger partial charge in [-0.15, -0.1) is 0 Å². The third-order valence-electron chi connectivity index (χ3n) is 0.762. The molecule has 50 valence electrons. The van der Waals surface area contributed by atoms with Gasteiger partial charge in [-0.05, 0) is 6.92 Å². The summed E-state index contributed by atoms with van der Waals surface area (Å²) in [6, 6.07) is 0. The number of hydrogen-bond acceptors (Lipinski definition) is 2. The lowest BCUT2D eigenvalue weighted by Gasteiger charge is -2.07. The van der Waals surface area contributed by atoms with E-state index in [1.165, 1.54) is 0 Å². The first-order valence-corrected chi connectivity index (χ1v) is 4.04. The van der Waals surface area contributed by atoms with Crippen LogP contribution in [0.5, 0.6) is 0 Å². The van der Waals surface area contributed by atoms with Gasteiger partial charge in [0.1, 0.15) is 0 Å². The molecule has 0 rings (SSSR count). The average Bonchev–Trinajstić information content (AvgIpc) is 1.83. The van der Waals surface area contributed by atoms with Crippen molar-refractivity contribution < 1.29 is 9.47 Å². The van der Waals surface area contributed by atoms with Crippen LogP contribution in [0.25, 0.3) is 0 Å². The molecule has 3 heteroatoms. The van der Waals surface area contributed by atoms with E-state index >= 15 is 0 Å². The number of rotatable bonds is 4. The van der Waals surface area contributed by atoms with Gasteiger partial charge in [0.05, 0.1) is 6.61 Å². The van der Waals surface area contributed by atoms with Crippen LogP contribution in [0.15, 0.2) is 0 Å². The van der Waals surface area contributed by atoms with Crippen molar-refractivity contribution in [3.8, 4) is 0 Å². The molecule has 0 aliphatic rings. The summed E-state index contributed by atoms with van der Waals surface area (Å²) in [5, 5.41) is 0. The van der Waals surface area contributed by atoms with E-state index < -0.39 is 0 Å². The minimum absolute atomic E-state index is 0.0511. The Morgan fingerprint density at radius 2 is 2.25 bits per heavy atom. The number of ether oxygens (including phenoxy) is 2. The zero-order valence-electron chi connectivity index (χ0n) is 5.19. The molecule has 0 bridgehead atoms. The number of halogens is 1. The van der Waals surface area contributed by atoms with E-state index in [9.17, 15) is 0 Å². The van der Waals surface area contributed by atoms with E-state index in [0.29, 0.717) is 0 Å². The minimum Gasteiger partial charge on any atom is -0.356 e. The Morgan fingerprint density at radius 3 is 2.62 bits per heavy atom. The molecule has 1 unspecified atom stereocenters. The number of methoxy groups -OCH3 is 1. The Hall–Kier alpha value is 0.650. The molecule has 0 aromatic carbocycles. The third kappa shape index (κ3) is 4.80. The standard InChI is InChI=1S/C5H11IO2/c1-5(7-2)8-4-3-6/h5H,3-4H2,1-2H3. The molecule has 1 atom stereocenters. The van der Waals surface area contributed by atoms with Gasteiger partial charge in [-0.25, -0.2) is 0 Å². The average molecular weight is 230 g/mol. The van der Waals surface area contributed by atoms with Crippen LogP contribution in [0.1, 0.15) is 6.92 Å². The lowest BCUT2D eigenvalue weighted by Crippen LogP contribution is -2.11. The van der Waals surface area contributed by atoms with Crippen molar-refractivity contribution in [3.63, 3.8) is 0 Å². The quantitative estimate of drug-likeness (QED) is 0.413. The van der Waals surface area contributed by atoms with Crippen molar-refractivity contribution in [2.45, 2.75) is 13.2 Å². The first-order chi connectivity index (χ1) is 3.81. The molecule has 0 saturated heterocycles. The summed E-state index contributed by atoms with van der Waals surface area (Å²) < 4.78 is 11.0. The second kappa shape index (κ2) is 5.78. The first-order valence-electron chi connectivity index (χ1n) is 2.51. The van der Waals surface area contributed by atoms with Crippen molar-refractivity contribution in [2.75, 3.05) is 18.1 Å². The Morgan fingerprint density at radius 1 is 1.62 bits per heavy atom. The van der Waals surface area contributed by atoms with E-state index in [1.807, 2.05) is 6.92 Å². The fraction of sp³-hybridized carbons (Fsp3) is 1.00. The highest BCUT2D eigenvalue weighted by atomic mass is 127. The SMILES string of the molecule is COC(C)OCCI. The predicted octanol–water partition coefficient (Wildman–Crippen LogP) is 1.43. The number of alkyl halides is 1. The van der Waals surface area contributed by atoms with E-state index in [1.54, 1.807) is 7.11 Å². The normalized spacial score (nSPS) is 13.9. The topological polar surface area (TPSA) is 18.5 Å². The molecule has 0 aliphatic heterocycles. The summed E-state index contributed by atoms with van der Waals surface area (Å²) in [6.45, 7) is 2.65. The summed E-state index contributed by atoms with van der Waals surface area (Å²) in [4.78, 5) is 0. The molecule has 8 heavy (non-hydrogen) atoms. The van der Waals surface area contributed by atoms with Gasteiger partial charge in [0.25, 0.3) is 0 Å². The van der Waals surface area contributed by atoms with Gasteiger partial charge in [0.2, 0.25) is 0 Å². The molecule has 2 nitrogen and oxygen atoms in total. The fourth-order valence-corrected chi connectivity index (χ4v) is 0.533. The van der Waals surface area contributed by atoms with E-state index in [4.69, 9.17) is 9.47 Å². The lowest BCUT2D eigenvalue weighted by molar-refractivity contribution is -0.105. The highest BCUT2D eigenvalue weighted by Crippen LogP contribution is 1.91. The zero-order valence-corrected chi connectivity index (χ0v) is 7.34. The molecule has 0 heterocycles. The Balaban J connectivity index is 2.86. The largest absolute Gasteiger partial charge is 0.356 e. The summed E-state index contributed by atoms with van der Waals surface area (Å²) in [5.74, 6) is 0. The molecule has 0 spiro atoms. The molecule has 0 saturated carbocycles.